The molecule has 0 radical (unpaired) electrons. The Balaban J connectivity index is 1.46. The largest absolute Gasteiger partial charge is 0.469 e. The summed E-state index contributed by atoms with van der Waals surface area (Å²) in [6, 6.07) is 3.90. The number of hydrogen-bond acceptors (Lipinski definition) is 5. The fourth-order valence-electron chi connectivity index (χ4n) is 3.16. The van der Waals surface area contributed by atoms with Crippen LogP contribution >= 0.6 is 0 Å². The van der Waals surface area contributed by atoms with Crippen LogP contribution in [-0.2, 0) is 20.6 Å². The van der Waals surface area contributed by atoms with Crippen LogP contribution in [0.4, 0.5) is 0 Å². The van der Waals surface area contributed by atoms with Crippen LogP contribution in [0.15, 0.2) is 27.8 Å². The summed E-state index contributed by atoms with van der Waals surface area (Å²) in [5.41, 5.74) is 0. The highest BCUT2D eigenvalue weighted by Gasteiger charge is 2.42. The van der Waals surface area contributed by atoms with Gasteiger partial charge in [0.15, 0.2) is 11.7 Å². The van der Waals surface area contributed by atoms with Gasteiger partial charge < -0.3 is 29.3 Å². The Morgan fingerprint density at radius 3 is 2.88 bits per heavy atom. The van der Waals surface area contributed by atoms with E-state index in [2.05, 4.69) is 17.6 Å². The lowest BCUT2D eigenvalue weighted by atomic mass is 10.1. The fraction of sp³-hybridized carbons (Fsp3) is 0.737. The van der Waals surface area contributed by atoms with E-state index < -0.39 is 5.79 Å². The van der Waals surface area contributed by atoms with Gasteiger partial charge in [0.1, 0.15) is 11.9 Å². The lowest BCUT2D eigenvalue weighted by Gasteiger charge is -2.31. The van der Waals surface area contributed by atoms with Crippen LogP contribution in [0.25, 0.3) is 0 Å². The van der Waals surface area contributed by atoms with Crippen LogP contribution in [0.2, 0.25) is 0 Å². The highest BCUT2D eigenvalue weighted by atomic mass is 16.7. The normalized spacial score (nSPS) is 22.7. The zero-order chi connectivity index (χ0) is 18.1. The fourth-order valence-corrected chi connectivity index (χ4v) is 3.16. The van der Waals surface area contributed by atoms with E-state index in [-0.39, 0.29) is 6.10 Å². The lowest BCUT2D eigenvalue weighted by Crippen LogP contribution is -2.40. The quantitative estimate of drug-likeness (QED) is 0.417. The van der Waals surface area contributed by atoms with Crippen LogP contribution in [0.3, 0.4) is 0 Å². The van der Waals surface area contributed by atoms with Crippen molar-refractivity contribution in [1.82, 2.24) is 10.6 Å². The van der Waals surface area contributed by atoms with Crippen molar-refractivity contribution in [2.75, 3.05) is 39.5 Å². The van der Waals surface area contributed by atoms with Gasteiger partial charge in [-0.15, -0.1) is 0 Å². The first kappa shape index (κ1) is 19.2. The average molecular weight is 365 g/mol. The summed E-state index contributed by atoms with van der Waals surface area (Å²) in [6.07, 6.45) is 6.40. The summed E-state index contributed by atoms with van der Waals surface area (Å²) in [4.78, 5) is 4.70. The number of ether oxygens (including phenoxy) is 3. The van der Waals surface area contributed by atoms with Crippen LogP contribution in [0, 0.1) is 0 Å². The number of hydrogen-bond donors (Lipinski definition) is 2. The summed E-state index contributed by atoms with van der Waals surface area (Å²) in [7, 11) is 0. The third kappa shape index (κ3) is 5.72. The standard InChI is InChI=1S/C19H31N3O4/c1-2-3-9-20-18(21-10-6-16-5-4-11-24-16)22-14-17-15-25-19(26-17)7-12-23-13-8-19/h4-5,11,17H,2-3,6-10,12-15H2,1H3,(H2,20,21,22). The molecule has 2 fully saturated rings. The van der Waals surface area contributed by atoms with Crippen molar-refractivity contribution in [1.29, 1.82) is 0 Å². The summed E-state index contributed by atoms with van der Waals surface area (Å²) in [6.45, 7) is 6.45. The van der Waals surface area contributed by atoms with Crippen molar-refractivity contribution >= 4 is 5.96 Å². The molecule has 0 aromatic carbocycles. The Bertz CT molecular complexity index is 541. The molecule has 26 heavy (non-hydrogen) atoms. The molecule has 0 aliphatic carbocycles. The number of unbranched alkanes of at least 4 members (excludes halogenated alkanes) is 1. The summed E-state index contributed by atoms with van der Waals surface area (Å²) in [5.74, 6) is 1.35. The number of guanidine groups is 1. The minimum Gasteiger partial charge on any atom is -0.469 e. The van der Waals surface area contributed by atoms with E-state index >= 15 is 0 Å². The zero-order valence-corrected chi connectivity index (χ0v) is 15.7. The summed E-state index contributed by atoms with van der Waals surface area (Å²) in [5, 5.41) is 6.76. The molecule has 1 spiro atoms. The van der Waals surface area contributed by atoms with E-state index in [1.54, 1.807) is 6.26 Å². The lowest BCUT2D eigenvalue weighted by molar-refractivity contribution is -0.210. The molecule has 7 nitrogen and oxygen atoms in total. The van der Waals surface area contributed by atoms with E-state index in [4.69, 9.17) is 23.6 Å². The smallest absolute Gasteiger partial charge is 0.191 e. The van der Waals surface area contributed by atoms with E-state index in [9.17, 15) is 0 Å². The molecule has 0 amide bonds. The Morgan fingerprint density at radius 2 is 2.12 bits per heavy atom. The predicted molar refractivity (Wildman–Crippen MR) is 99.2 cm³/mol. The van der Waals surface area contributed by atoms with Gasteiger partial charge in [0, 0.05) is 32.4 Å². The van der Waals surface area contributed by atoms with Crippen molar-refractivity contribution in [2.24, 2.45) is 4.99 Å². The van der Waals surface area contributed by atoms with Crippen molar-refractivity contribution in [3.8, 4) is 0 Å². The van der Waals surface area contributed by atoms with Crippen molar-refractivity contribution in [2.45, 2.75) is 50.9 Å². The number of furan rings is 1. The minimum absolute atomic E-state index is 0.00273. The van der Waals surface area contributed by atoms with Crippen LogP contribution in [0.5, 0.6) is 0 Å². The molecule has 146 valence electrons. The molecule has 2 aliphatic heterocycles. The highest BCUT2D eigenvalue weighted by molar-refractivity contribution is 5.79. The van der Waals surface area contributed by atoms with E-state index in [1.165, 1.54) is 0 Å². The summed E-state index contributed by atoms with van der Waals surface area (Å²) >= 11 is 0. The minimum atomic E-state index is -0.443. The van der Waals surface area contributed by atoms with Crippen LogP contribution in [0.1, 0.15) is 38.4 Å². The van der Waals surface area contributed by atoms with Gasteiger partial charge in [0.05, 0.1) is 32.6 Å². The third-order valence-corrected chi connectivity index (χ3v) is 4.69. The molecule has 1 unspecified atom stereocenters. The number of aliphatic imine (C=N–C) groups is 1. The van der Waals surface area contributed by atoms with Gasteiger partial charge in [-0.05, 0) is 18.6 Å². The van der Waals surface area contributed by atoms with E-state index in [0.29, 0.717) is 26.4 Å². The van der Waals surface area contributed by atoms with Gasteiger partial charge in [-0.2, -0.15) is 0 Å². The SMILES string of the molecule is CCCCNC(=NCC1COC2(CCOCC2)O1)NCCc1ccco1. The maximum absolute atomic E-state index is 6.15. The maximum Gasteiger partial charge on any atom is 0.191 e. The van der Waals surface area contributed by atoms with Crippen LogP contribution < -0.4 is 10.6 Å². The summed E-state index contributed by atoms with van der Waals surface area (Å²) < 4.78 is 22.9. The molecule has 3 rings (SSSR count). The molecule has 2 saturated heterocycles. The maximum atomic E-state index is 6.15. The van der Waals surface area contributed by atoms with Gasteiger partial charge >= 0.3 is 0 Å². The first-order valence-electron chi connectivity index (χ1n) is 9.74. The molecule has 2 aliphatic rings. The van der Waals surface area contributed by atoms with Crippen molar-refractivity contribution in [3.63, 3.8) is 0 Å². The second kappa shape index (κ2) is 9.94. The Labute approximate surface area is 155 Å². The Kier molecular flexibility index (Phi) is 7.34. The van der Waals surface area contributed by atoms with Gasteiger partial charge in [-0.1, -0.05) is 13.3 Å². The predicted octanol–water partition coefficient (Wildman–Crippen LogP) is 2.08. The van der Waals surface area contributed by atoms with Crippen LogP contribution in [-0.4, -0.2) is 57.3 Å². The van der Waals surface area contributed by atoms with Crippen molar-refractivity contribution in [3.05, 3.63) is 24.2 Å². The number of nitrogens with one attached hydrogen (secondary N) is 2. The number of nitrogens with zero attached hydrogens (tertiary/aromatic N) is 1. The molecule has 2 N–H and O–H groups in total. The van der Waals surface area contributed by atoms with E-state index in [0.717, 1.165) is 56.9 Å². The van der Waals surface area contributed by atoms with E-state index in [1.807, 2.05) is 12.1 Å². The Hall–Kier alpha value is -1.57. The van der Waals surface area contributed by atoms with Crippen molar-refractivity contribution < 1.29 is 18.6 Å². The van der Waals surface area contributed by atoms with Gasteiger partial charge in [-0.3, -0.25) is 4.99 Å². The molecule has 1 atom stereocenters. The second-order valence-electron chi connectivity index (χ2n) is 6.80. The zero-order valence-electron chi connectivity index (χ0n) is 15.7. The molecule has 1 aromatic rings. The number of rotatable bonds is 8. The monoisotopic (exact) mass is 365 g/mol. The first-order chi connectivity index (χ1) is 12.8. The average Bonchev–Trinajstić information content (AvgIpc) is 3.31. The molecule has 7 heteroatoms. The van der Waals surface area contributed by atoms with Gasteiger partial charge in [0.25, 0.3) is 0 Å². The third-order valence-electron chi connectivity index (χ3n) is 4.69. The molecule has 3 heterocycles. The molecule has 0 saturated carbocycles. The van der Waals surface area contributed by atoms with Gasteiger partial charge in [0.2, 0.25) is 0 Å². The van der Waals surface area contributed by atoms with Gasteiger partial charge in [-0.25, -0.2) is 0 Å². The first-order valence-corrected chi connectivity index (χ1v) is 9.74. The Morgan fingerprint density at radius 1 is 1.27 bits per heavy atom. The molecular weight excluding hydrogens is 334 g/mol. The molecule has 1 aromatic heterocycles. The molecule has 0 bridgehead atoms. The molecular formula is C19H31N3O4. The highest BCUT2D eigenvalue weighted by Crippen LogP contribution is 2.33. The second-order valence-corrected chi connectivity index (χ2v) is 6.80. The topological polar surface area (TPSA) is 77.3 Å².